The average Bonchev–Trinajstić information content (AvgIpc) is 2.21. The van der Waals surface area contributed by atoms with Crippen LogP contribution in [0.3, 0.4) is 0 Å². The van der Waals surface area contributed by atoms with E-state index in [0.29, 0.717) is 0 Å². The van der Waals surface area contributed by atoms with E-state index in [9.17, 15) is 5.11 Å². The first-order valence-electron chi connectivity index (χ1n) is 6.12. The standard InChI is InChI=1S/C15H24O2/c1-10-9-13(7-8-15(4,5)16)11(2)12(3)14(10)17-6/h9,16H,7-8H2,1-6H3. The first kappa shape index (κ1) is 14.0. The Hall–Kier alpha value is -1.02. The van der Waals surface area contributed by atoms with Gasteiger partial charge in [-0.05, 0) is 69.7 Å². The molecule has 0 radical (unpaired) electrons. The highest BCUT2D eigenvalue weighted by atomic mass is 16.5. The molecule has 0 spiro atoms. The zero-order chi connectivity index (χ0) is 13.2. The smallest absolute Gasteiger partial charge is 0.124 e. The molecule has 0 aliphatic heterocycles. The van der Waals surface area contributed by atoms with Gasteiger partial charge in [-0.1, -0.05) is 6.07 Å². The molecule has 17 heavy (non-hydrogen) atoms. The van der Waals surface area contributed by atoms with E-state index in [1.807, 2.05) is 13.8 Å². The Labute approximate surface area is 105 Å². The third kappa shape index (κ3) is 3.47. The normalized spacial score (nSPS) is 11.7. The maximum Gasteiger partial charge on any atom is 0.124 e. The molecule has 0 bridgehead atoms. The van der Waals surface area contributed by atoms with Crippen LogP contribution in [-0.4, -0.2) is 17.8 Å². The Morgan fingerprint density at radius 2 is 1.76 bits per heavy atom. The van der Waals surface area contributed by atoms with Crippen molar-refractivity contribution in [3.05, 3.63) is 28.3 Å². The minimum Gasteiger partial charge on any atom is -0.496 e. The van der Waals surface area contributed by atoms with Crippen LogP contribution in [0.15, 0.2) is 6.07 Å². The third-order valence-electron chi connectivity index (χ3n) is 3.34. The second kappa shape index (κ2) is 5.09. The van der Waals surface area contributed by atoms with Gasteiger partial charge in [0.25, 0.3) is 0 Å². The summed E-state index contributed by atoms with van der Waals surface area (Å²) in [5, 5.41) is 9.78. The van der Waals surface area contributed by atoms with Crippen LogP contribution < -0.4 is 4.74 Å². The van der Waals surface area contributed by atoms with Gasteiger partial charge in [-0.2, -0.15) is 0 Å². The first-order valence-corrected chi connectivity index (χ1v) is 6.12. The lowest BCUT2D eigenvalue weighted by molar-refractivity contribution is 0.0713. The summed E-state index contributed by atoms with van der Waals surface area (Å²) >= 11 is 0. The molecule has 96 valence electrons. The van der Waals surface area contributed by atoms with E-state index in [1.165, 1.54) is 22.3 Å². The monoisotopic (exact) mass is 236 g/mol. The van der Waals surface area contributed by atoms with Gasteiger partial charge in [-0.3, -0.25) is 0 Å². The summed E-state index contributed by atoms with van der Waals surface area (Å²) in [7, 11) is 1.71. The highest BCUT2D eigenvalue weighted by Crippen LogP contribution is 2.29. The van der Waals surface area contributed by atoms with Gasteiger partial charge in [0.15, 0.2) is 0 Å². The molecule has 0 saturated carbocycles. The molecule has 0 heterocycles. The topological polar surface area (TPSA) is 29.5 Å². The summed E-state index contributed by atoms with van der Waals surface area (Å²) in [4.78, 5) is 0. The van der Waals surface area contributed by atoms with Crippen molar-refractivity contribution in [1.29, 1.82) is 0 Å². The van der Waals surface area contributed by atoms with Crippen molar-refractivity contribution in [1.82, 2.24) is 0 Å². The molecule has 2 heteroatoms. The summed E-state index contributed by atoms with van der Waals surface area (Å²) in [5.74, 6) is 0.981. The average molecular weight is 236 g/mol. The lowest BCUT2D eigenvalue weighted by atomic mass is 9.92. The number of hydrogen-bond donors (Lipinski definition) is 1. The Morgan fingerprint density at radius 1 is 1.18 bits per heavy atom. The van der Waals surface area contributed by atoms with E-state index in [1.54, 1.807) is 7.11 Å². The number of aryl methyl sites for hydroxylation is 2. The molecule has 0 aromatic heterocycles. The van der Waals surface area contributed by atoms with Crippen molar-refractivity contribution in [3.8, 4) is 5.75 Å². The van der Waals surface area contributed by atoms with Gasteiger partial charge in [0.1, 0.15) is 5.75 Å². The van der Waals surface area contributed by atoms with Gasteiger partial charge >= 0.3 is 0 Å². The van der Waals surface area contributed by atoms with Crippen molar-refractivity contribution >= 4 is 0 Å². The van der Waals surface area contributed by atoms with Crippen LogP contribution in [-0.2, 0) is 6.42 Å². The van der Waals surface area contributed by atoms with Gasteiger partial charge in [0.05, 0.1) is 12.7 Å². The van der Waals surface area contributed by atoms with Gasteiger partial charge < -0.3 is 9.84 Å². The van der Waals surface area contributed by atoms with Gasteiger partial charge in [-0.15, -0.1) is 0 Å². The molecular formula is C15H24O2. The largest absolute Gasteiger partial charge is 0.496 e. The fourth-order valence-electron chi connectivity index (χ4n) is 2.16. The lowest BCUT2D eigenvalue weighted by Gasteiger charge is -2.20. The van der Waals surface area contributed by atoms with Crippen LogP contribution in [0.5, 0.6) is 5.75 Å². The van der Waals surface area contributed by atoms with Crippen LogP contribution in [0.1, 0.15) is 42.5 Å². The molecule has 1 aromatic rings. The fraction of sp³-hybridized carbons (Fsp3) is 0.600. The Kier molecular flexibility index (Phi) is 4.21. The summed E-state index contributed by atoms with van der Waals surface area (Å²) in [6, 6.07) is 2.17. The van der Waals surface area contributed by atoms with Crippen LogP contribution in [0, 0.1) is 20.8 Å². The SMILES string of the molecule is COc1c(C)cc(CCC(C)(C)O)c(C)c1C. The van der Waals surface area contributed by atoms with Crippen molar-refractivity contribution < 1.29 is 9.84 Å². The Bertz CT molecular complexity index is 400. The maximum atomic E-state index is 9.78. The zero-order valence-electron chi connectivity index (χ0n) is 11.8. The summed E-state index contributed by atoms with van der Waals surface area (Å²) in [6.07, 6.45) is 1.68. The van der Waals surface area contributed by atoms with Crippen LogP contribution in [0.4, 0.5) is 0 Å². The molecule has 0 unspecified atom stereocenters. The van der Waals surface area contributed by atoms with E-state index in [-0.39, 0.29) is 0 Å². The number of methoxy groups -OCH3 is 1. The highest BCUT2D eigenvalue weighted by molar-refractivity contribution is 5.49. The van der Waals surface area contributed by atoms with Gasteiger partial charge in [0, 0.05) is 0 Å². The number of ether oxygens (including phenoxy) is 1. The quantitative estimate of drug-likeness (QED) is 0.869. The number of rotatable bonds is 4. The lowest BCUT2D eigenvalue weighted by Crippen LogP contribution is -2.19. The molecule has 2 nitrogen and oxygen atoms in total. The van der Waals surface area contributed by atoms with Gasteiger partial charge in [-0.25, -0.2) is 0 Å². The fourth-order valence-corrected chi connectivity index (χ4v) is 2.16. The molecule has 0 aliphatic carbocycles. The summed E-state index contributed by atoms with van der Waals surface area (Å²) in [5.41, 5.74) is 4.35. The molecule has 0 saturated heterocycles. The molecule has 1 N–H and O–H groups in total. The Balaban J connectivity index is 3.03. The predicted octanol–water partition coefficient (Wildman–Crippen LogP) is 3.32. The molecule has 1 aromatic carbocycles. The highest BCUT2D eigenvalue weighted by Gasteiger charge is 2.15. The number of aliphatic hydroxyl groups is 1. The number of hydrogen-bond acceptors (Lipinski definition) is 2. The van der Waals surface area contributed by atoms with Crippen LogP contribution in [0.2, 0.25) is 0 Å². The maximum absolute atomic E-state index is 9.78. The minimum atomic E-state index is -0.603. The van der Waals surface area contributed by atoms with Crippen molar-refractivity contribution in [3.63, 3.8) is 0 Å². The van der Waals surface area contributed by atoms with Crippen LogP contribution in [0.25, 0.3) is 0 Å². The molecule has 1 rings (SSSR count). The Morgan fingerprint density at radius 3 is 2.24 bits per heavy atom. The van der Waals surface area contributed by atoms with E-state index >= 15 is 0 Å². The summed E-state index contributed by atoms with van der Waals surface area (Å²) < 4.78 is 5.41. The first-order chi connectivity index (χ1) is 7.76. The van der Waals surface area contributed by atoms with Crippen molar-refractivity contribution in [2.45, 2.75) is 53.1 Å². The van der Waals surface area contributed by atoms with Crippen molar-refractivity contribution in [2.75, 3.05) is 7.11 Å². The number of benzene rings is 1. The predicted molar refractivity (Wildman–Crippen MR) is 71.8 cm³/mol. The van der Waals surface area contributed by atoms with E-state index < -0.39 is 5.60 Å². The van der Waals surface area contributed by atoms with Gasteiger partial charge in [0.2, 0.25) is 0 Å². The summed E-state index contributed by atoms with van der Waals surface area (Å²) in [6.45, 7) is 9.99. The second-order valence-electron chi connectivity index (χ2n) is 5.45. The molecular weight excluding hydrogens is 212 g/mol. The van der Waals surface area contributed by atoms with E-state index in [2.05, 4.69) is 26.8 Å². The van der Waals surface area contributed by atoms with E-state index in [4.69, 9.17) is 4.74 Å². The second-order valence-corrected chi connectivity index (χ2v) is 5.45. The minimum absolute atomic E-state index is 0.603. The molecule has 0 fully saturated rings. The third-order valence-corrected chi connectivity index (χ3v) is 3.34. The molecule has 0 aliphatic rings. The molecule has 0 atom stereocenters. The van der Waals surface area contributed by atoms with Crippen molar-refractivity contribution in [2.24, 2.45) is 0 Å². The molecule has 0 amide bonds. The zero-order valence-corrected chi connectivity index (χ0v) is 11.8. The van der Waals surface area contributed by atoms with E-state index in [0.717, 1.165) is 18.6 Å². The van der Waals surface area contributed by atoms with Crippen LogP contribution >= 0.6 is 0 Å².